The van der Waals surface area contributed by atoms with Gasteiger partial charge in [0.15, 0.2) is 5.78 Å². The van der Waals surface area contributed by atoms with Crippen molar-refractivity contribution in [2.75, 3.05) is 11.0 Å². The fourth-order valence-electron chi connectivity index (χ4n) is 1.55. The Bertz CT molecular complexity index is 714. The van der Waals surface area contributed by atoms with Crippen LogP contribution in [0.3, 0.4) is 0 Å². The van der Waals surface area contributed by atoms with Crippen LogP contribution < -0.4 is 4.72 Å². The van der Waals surface area contributed by atoms with Crippen molar-refractivity contribution < 1.29 is 13.2 Å². The van der Waals surface area contributed by atoms with E-state index in [1.807, 2.05) is 16.8 Å². The van der Waals surface area contributed by atoms with E-state index in [1.165, 1.54) is 6.08 Å². The molecule has 1 heterocycles. The van der Waals surface area contributed by atoms with Gasteiger partial charge < -0.3 is 0 Å². The van der Waals surface area contributed by atoms with Gasteiger partial charge in [0, 0.05) is 11.3 Å². The molecular weight excluding hydrogens is 294 g/mol. The first-order chi connectivity index (χ1) is 9.44. The summed E-state index contributed by atoms with van der Waals surface area (Å²) in [5.74, 6) is -0.123. The van der Waals surface area contributed by atoms with E-state index in [1.54, 1.807) is 41.7 Å². The highest BCUT2D eigenvalue weighted by molar-refractivity contribution is 7.92. The van der Waals surface area contributed by atoms with Gasteiger partial charge >= 0.3 is 0 Å². The molecular formula is C14H13NO3S2. The van der Waals surface area contributed by atoms with Gasteiger partial charge in [0.05, 0.1) is 6.26 Å². The first-order valence-electron chi connectivity index (χ1n) is 5.76. The highest BCUT2D eigenvalue weighted by Crippen LogP contribution is 2.13. The van der Waals surface area contributed by atoms with Crippen LogP contribution in [0, 0.1) is 0 Å². The number of carbonyl (C=O) groups is 1. The van der Waals surface area contributed by atoms with Gasteiger partial charge in [-0.3, -0.25) is 9.52 Å². The van der Waals surface area contributed by atoms with Gasteiger partial charge in [0.2, 0.25) is 10.0 Å². The van der Waals surface area contributed by atoms with Crippen LogP contribution in [-0.4, -0.2) is 20.5 Å². The van der Waals surface area contributed by atoms with Crippen molar-refractivity contribution in [2.24, 2.45) is 0 Å². The molecule has 0 aliphatic rings. The van der Waals surface area contributed by atoms with Crippen LogP contribution in [-0.2, 0) is 10.0 Å². The third-order valence-electron chi connectivity index (χ3n) is 2.44. The SMILES string of the molecule is CS(=O)(=O)Nc1ccc(C(=O)C=Cc2ccsc2)cc1. The predicted molar refractivity (Wildman–Crippen MR) is 82.6 cm³/mol. The van der Waals surface area contributed by atoms with Gasteiger partial charge in [-0.15, -0.1) is 0 Å². The summed E-state index contributed by atoms with van der Waals surface area (Å²) in [5.41, 5.74) is 1.93. The Morgan fingerprint density at radius 3 is 2.45 bits per heavy atom. The number of hydrogen-bond acceptors (Lipinski definition) is 4. The van der Waals surface area contributed by atoms with Gasteiger partial charge in [-0.05, 0) is 52.7 Å². The highest BCUT2D eigenvalue weighted by Gasteiger charge is 2.04. The summed E-state index contributed by atoms with van der Waals surface area (Å²) in [6.07, 6.45) is 4.33. The fourth-order valence-corrected chi connectivity index (χ4v) is 2.75. The van der Waals surface area contributed by atoms with Crippen LogP contribution in [0.2, 0.25) is 0 Å². The summed E-state index contributed by atoms with van der Waals surface area (Å²) in [7, 11) is -3.30. The van der Waals surface area contributed by atoms with E-state index >= 15 is 0 Å². The van der Waals surface area contributed by atoms with Crippen molar-refractivity contribution in [1.82, 2.24) is 0 Å². The Labute approximate surface area is 121 Å². The largest absolute Gasteiger partial charge is 0.289 e. The van der Waals surface area contributed by atoms with Crippen LogP contribution in [0.15, 0.2) is 47.2 Å². The number of rotatable bonds is 5. The Hall–Kier alpha value is -1.92. The Morgan fingerprint density at radius 1 is 1.20 bits per heavy atom. The number of carbonyl (C=O) groups excluding carboxylic acids is 1. The van der Waals surface area contributed by atoms with E-state index in [0.29, 0.717) is 11.3 Å². The summed E-state index contributed by atoms with van der Waals surface area (Å²) in [6.45, 7) is 0. The van der Waals surface area contributed by atoms with Gasteiger partial charge in [0.25, 0.3) is 0 Å². The molecule has 2 rings (SSSR count). The lowest BCUT2D eigenvalue weighted by Crippen LogP contribution is -2.09. The molecule has 0 amide bonds. The Morgan fingerprint density at radius 2 is 1.90 bits per heavy atom. The predicted octanol–water partition coefficient (Wildman–Crippen LogP) is 3.02. The molecule has 1 aromatic heterocycles. The van der Waals surface area contributed by atoms with Gasteiger partial charge in [-0.2, -0.15) is 11.3 Å². The normalized spacial score (nSPS) is 11.7. The molecule has 0 radical (unpaired) electrons. The van der Waals surface area contributed by atoms with E-state index in [9.17, 15) is 13.2 Å². The van der Waals surface area contributed by atoms with Crippen LogP contribution in [0.25, 0.3) is 6.08 Å². The Kier molecular flexibility index (Phi) is 4.36. The van der Waals surface area contributed by atoms with E-state index in [-0.39, 0.29) is 5.78 Å². The van der Waals surface area contributed by atoms with Crippen molar-refractivity contribution in [1.29, 1.82) is 0 Å². The zero-order valence-corrected chi connectivity index (χ0v) is 12.4. The molecule has 0 unspecified atom stereocenters. The molecule has 0 saturated carbocycles. The van der Waals surface area contributed by atoms with Crippen molar-refractivity contribution in [3.63, 3.8) is 0 Å². The maximum Gasteiger partial charge on any atom is 0.229 e. The first kappa shape index (κ1) is 14.5. The van der Waals surface area contributed by atoms with E-state index in [0.717, 1.165) is 11.8 Å². The van der Waals surface area contributed by atoms with Gasteiger partial charge in [-0.25, -0.2) is 8.42 Å². The number of allylic oxidation sites excluding steroid dienone is 1. The minimum atomic E-state index is -3.30. The minimum Gasteiger partial charge on any atom is -0.289 e. The second kappa shape index (κ2) is 6.02. The fraction of sp³-hybridized carbons (Fsp3) is 0.0714. The van der Waals surface area contributed by atoms with Gasteiger partial charge in [0.1, 0.15) is 0 Å². The average Bonchev–Trinajstić information content (AvgIpc) is 2.88. The summed E-state index contributed by atoms with van der Waals surface area (Å²) in [6, 6.07) is 8.23. The molecule has 0 saturated heterocycles. The number of ketones is 1. The second-order valence-corrected chi connectivity index (χ2v) is 6.73. The minimum absolute atomic E-state index is 0.123. The number of sulfonamides is 1. The zero-order valence-electron chi connectivity index (χ0n) is 10.7. The van der Waals surface area contributed by atoms with Crippen LogP contribution in [0.1, 0.15) is 15.9 Å². The molecule has 1 aromatic carbocycles. The summed E-state index contributed by atoms with van der Waals surface area (Å²) < 4.78 is 24.5. The molecule has 2 aromatic rings. The monoisotopic (exact) mass is 307 g/mol. The highest BCUT2D eigenvalue weighted by atomic mass is 32.2. The van der Waals surface area contributed by atoms with Gasteiger partial charge in [-0.1, -0.05) is 6.08 Å². The van der Waals surface area contributed by atoms with Crippen molar-refractivity contribution >= 4 is 38.9 Å². The smallest absolute Gasteiger partial charge is 0.229 e. The Balaban J connectivity index is 2.08. The molecule has 0 aliphatic heterocycles. The summed E-state index contributed by atoms with van der Waals surface area (Å²) in [4.78, 5) is 11.9. The lowest BCUT2D eigenvalue weighted by atomic mass is 10.1. The molecule has 20 heavy (non-hydrogen) atoms. The van der Waals surface area contributed by atoms with Crippen molar-refractivity contribution in [3.8, 4) is 0 Å². The standard InChI is InChI=1S/C14H13NO3S2/c1-20(17,18)15-13-5-3-12(4-6-13)14(16)7-2-11-8-9-19-10-11/h2-10,15H,1H3. The van der Waals surface area contributed by atoms with Crippen molar-refractivity contribution in [2.45, 2.75) is 0 Å². The topological polar surface area (TPSA) is 63.2 Å². The maximum atomic E-state index is 11.9. The summed E-state index contributed by atoms with van der Waals surface area (Å²) >= 11 is 1.57. The third-order valence-corrected chi connectivity index (χ3v) is 3.75. The lowest BCUT2D eigenvalue weighted by molar-refractivity contribution is 0.104. The van der Waals surface area contributed by atoms with E-state index in [2.05, 4.69) is 4.72 Å². The number of thiophene rings is 1. The second-order valence-electron chi connectivity index (χ2n) is 4.21. The van der Waals surface area contributed by atoms with Crippen LogP contribution >= 0.6 is 11.3 Å². The quantitative estimate of drug-likeness (QED) is 0.682. The number of nitrogens with one attached hydrogen (secondary N) is 1. The van der Waals surface area contributed by atoms with E-state index < -0.39 is 10.0 Å². The number of benzene rings is 1. The van der Waals surface area contributed by atoms with E-state index in [4.69, 9.17) is 0 Å². The maximum absolute atomic E-state index is 11.9. The molecule has 0 aliphatic carbocycles. The number of anilines is 1. The third kappa shape index (κ3) is 4.32. The first-order valence-corrected chi connectivity index (χ1v) is 8.60. The molecule has 0 spiro atoms. The molecule has 4 nitrogen and oxygen atoms in total. The molecule has 0 atom stereocenters. The molecule has 104 valence electrons. The van der Waals surface area contributed by atoms with Crippen LogP contribution in [0.5, 0.6) is 0 Å². The molecule has 6 heteroatoms. The van der Waals surface area contributed by atoms with Crippen LogP contribution in [0.4, 0.5) is 5.69 Å². The molecule has 0 fully saturated rings. The summed E-state index contributed by atoms with van der Waals surface area (Å²) in [5, 5.41) is 3.89. The average molecular weight is 307 g/mol. The molecule has 0 bridgehead atoms. The zero-order chi connectivity index (χ0) is 14.6. The molecule has 1 N–H and O–H groups in total. The lowest BCUT2D eigenvalue weighted by Gasteiger charge is -2.03. The van der Waals surface area contributed by atoms with Crippen molar-refractivity contribution in [3.05, 3.63) is 58.3 Å². The number of hydrogen-bond donors (Lipinski definition) is 1.